The van der Waals surface area contributed by atoms with Crippen molar-refractivity contribution in [2.45, 2.75) is 59.5 Å². The number of amides is 1. The fourth-order valence-electron chi connectivity index (χ4n) is 3.74. The highest BCUT2D eigenvalue weighted by molar-refractivity contribution is 5.99. The third-order valence-corrected chi connectivity index (χ3v) is 6.16. The Labute approximate surface area is 215 Å². The van der Waals surface area contributed by atoms with E-state index in [-0.39, 0.29) is 11.5 Å². The SMILES string of the molecule is COc1ccc(CNc2nc(C)c(C)c(NCC3(C)COC(C)(C)OC3)c2NC(=O)CC(F)(F)F)cc1. The van der Waals surface area contributed by atoms with Crippen molar-refractivity contribution >= 4 is 23.1 Å². The van der Waals surface area contributed by atoms with Gasteiger partial charge in [-0.15, -0.1) is 0 Å². The smallest absolute Gasteiger partial charge is 0.397 e. The monoisotopic (exact) mass is 524 g/mol. The summed E-state index contributed by atoms with van der Waals surface area (Å²) in [4.78, 5) is 16.9. The molecule has 0 radical (unpaired) electrons. The van der Waals surface area contributed by atoms with Crippen LogP contribution in [0.4, 0.5) is 30.4 Å². The maximum atomic E-state index is 12.9. The van der Waals surface area contributed by atoms with E-state index in [0.29, 0.717) is 49.0 Å². The number of nitrogens with zero attached hydrogens (tertiary/aromatic N) is 1. The third-order valence-electron chi connectivity index (χ3n) is 6.16. The first-order chi connectivity index (χ1) is 17.2. The molecule has 0 spiro atoms. The molecule has 8 nitrogen and oxygen atoms in total. The summed E-state index contributed by atoms with van der Waals surface area (Å²) in [5.74, 6) is -0.894. The summed E-state index contributed by atoms with van der Waals surface area (Å²) >= 11 is 0. The maximum Gasteiger partial charge on any atom is 0.397 e. The molecule has 1 saturated heterocycles. The largest absolute Gasteiger partial charge is 0.497 e. The van der Waals surface area contributed by atoms with E-state index in [9.17, 15) is 18.0 Å². The minimum Gasteiger partial charge on any atom is -0.497 e. The molecule has 0 bridgehead atoms. The van der Waals surface area contributed by atoms with E-state index in [1.54, 1.807) is 33.1 Å². The number of pyridine rings is 1. The van der Waals surface area contributed by atoms with Gasteiger partial charge in [-0.3, -0.25) is 4.79 Å². The van der Waals surface area contributed by atoms with Gasteiger partial charge >= 0.3 is 6.18 Å². The zero-order valence-corrected chi connectivity index (χ0v) is 22.1. The van der Waals surface area contributed by atoms with E-state index in [0.717, 1.165) is 5.56 Å². The minimum atomic E-state index is -4.64. The lowest BCUT2D eigenvalue weighted by molar-refractivity contribution is -0.279. The summed E-state index contributed by atoms with van der Waals surface area (Å²) in [6.45, 7) is 10.8. The predicted octanol–water partition coefficient (Wildman–Crippen LogP) is 5.41. The van der Waals surface area contributed by atoms with Gasteiger partial charge in [-0.05, 0) is 51.0 Å². The normalized spacial score (nSPS) is 16.7. The van der Waals surface area contributed by atoms with Gasteiger partial charge in [0.2, 0.25) is 5.91 Å². The molecule has 3 rings (SSSR count). The third kappa shape index (κ3) is 7.96. The van der Waals surface area contributed by atoms with Gasteiger partial charge in [0.1, 0.15) is 17.9 Å². The van der Waals surface area contributed by atoms with Crippen LogP contribution < -0.4 is 20.7 Å². The van der Waals surface area contributed by atoms with Crippen molar-refractivity contribution < 1.29 is 32.2 Å². The van der Waals surface area contributed by atoms with Crippen LogP contribution >= 0.6 is 0 Å². The number of carbonyl (C=O) groups is 1. The van der Waals surface area contributed by atoms with Crippen LogP contribution in [0.25, 0.3) is 0 Å². The molecule has 2 aromatic rings. The highest BCUT2D eigenvalue weighted by atomic mass is 19.4. The van der Waals surface area contributed by atoms with Crippen molar-refractivity contribution in [3.63, 3.8) is 0 Å². The fraction of sp³-hybridized carbons (Fsp3) is 0.538. The van der Waals surface area contributed by atoms with Gasteiger partial charge in [0.25, 0.3) is 0 Å². The summed E-state index contributed by atoms with van der Waals surface area (Å²) in [5.41, 5.74) is 2.52. The Balaban J connectivity index is 1.90. The molecular weight excluding hydrogens is 489 g/mol. The number of aromatic nitrogens is 1. The summed E-state index contributed by atoms with van der Waals surface area (Å²) in [6.07, 6.45) is -6.25. The number of benzene rings is 1. The van der Waals surface area contributed by atoms with Crippen molar-refractivity contribution in [1.82, 2.24) is 4.98 Å². The van der Waals surface area contributed by atoms with E-state index in [1.807, 2.05) is 32.9 Å². The molecule has 1 aliphatic heterocycles. The predicted molar refractivity (Wildman–Crippen MR) is 136 cm³/mol. The van der Waals surface area contributed by atoms with Crippen LogP contribution in [0.2, 0.25) is 0 Å². The lowest BCUT2D eigenvalue weighted by Gasteiger charge is -2.41. The topological polar surface area (TPSA) is 93.7 Å². The number of ether oxygens (including phenoxy) is 3. The standard InChI is InChI=1S/C26H35F3N4O4/c1-16-17(2)32-23(30-12-18-7-9-19(35-6)10-8-18)22(33-20(34)11-26(27,28)29)21(16)31-13-25(5)14-36-24(3,4)37-15-25/h7-10H,11-15H2,1-6H3,(H,33,34)(H2,30,31,32). The van der Waals surface area contributed by atoms with Crippen molar-refractivity contribution in [2.24, 2.45) is 5.41 Å². The molecule has 1 aromatic heterocycles. The Kier molecular flexibility index (Phi) is 8.59. The zero-order chi connectivity index (χ0) is 27.4. The van der Waals surface area contributed by atoms with E-state index < -0.39 is 29.7 Å². The number of aryl methyl sites for hydroxylation is 1. The summed E-state index contributed by atoms with van der Waals surface area (Å²) in [7, 11) is 1.57. The van der Waals surface area contributed by atoms with Gasteiger partial charge in [0.15, 0.2) is 11.6 Å². The molecule has 3 N–H and O–H groups in total. The Bertz CT molecular complexity index is 1090. The Morgan fingerprint density at radius 3 is 2.24 bits per heavy atom. The van der Waals surface area contributed by atoms with Crippen LogP contribution in [0.3, 0.4) is 0 Å². The lowest BCUT2D eigenvalue weighted by atomic mass is 9.91. The lowest BCUT2D eigenvalue weighted by Crippen LogP contribution is -2.48. The van der Waals surface area contributed by atoms with Crippen molar-refractivity contribution in [2.75, 3.05) is 42.8 Å². The molecule has 37 heavy (non-hydrogen) atoms. The second-order valence-electron chi connectivity index (χ2n) is 10.1. The molecule has 0 saturated carbocycles. The second-order valence-corrected chi connectivity index (χ2v) is 10.1. The number of alkyl halides is 3. The van der Waals surface area contributed by atoms with Crippen LogP contribution in [0.15, 0.2) is 24.3 Å². The highest BCUT2D eigenvalue weighted by Gasteiger charge is 2.37. The quantitative estimate of drug-likeness (QED) is 0.404. The molecule has 2 heterocycles. The fourth-order valence-corrected chi connectivity index (χ4v) is 3.74. The van der Waals surface area contributed by atoms with Crippen molar-refractivity contribution in [3.8, 4) is 5.75 Å². The van der Waals surface area contributed by atoms with E-state index in [2.05, 4.69) is 20.9 Å². The average Bonchev–Trinajstić information content (AvgIpc) is 2.81. The molecule has 1 aliphatic rings. The van der Waals surface area contributed by atoms with Crippen LogP contribution in [0.5, 0.6) is 5.75 Å². The average molecular weight is 525 g/mol. The molecule has 0 unspecified atom stereocenters. The molecule has 0 aliphatic carbocycles. The van der Waals surface area contributed by atoms with Crippen LogP contribution in [-0.2, 0) is 20.8 Å². The number of hydrogen-bond acceptors (Lipinski definition) is 7. The van der Waals surface area contributed by atoms with Gasteiger partial charge in [-0.25, -0.2) is 4.98 Å². The second kappa shape index (κ2) is 11.1. The number of nitrogens with one attached hydrogen (secondary N) is 3. The molecule has 11 heteroatoms. The zero-order valence-electron chi connectivity index (χ0n) is 22.1. The maximum absolute atomic E-state index is 12.9. The minimum absolute atomic E-state index is 0.160. The number of methoxy groups -OCH3 is 1. The Morgan fingerprint density at radius 2 is 1.68 bits per heavy atom. The van der Waals surface area contributed by atoms with Gasteiger partial charge in [0.05, 0.1) is 26.0 Å². The molecule has 0 atom stereocenters. The van der Waals surface area contributed by atoms with Crippen molar-refractivity contribution in [1.29, 1.82) is 0 Å². The van der Waals surface area contributed by atoms with Crippen LogP contribution in [0, 0.1) is 19.3 Å². The number of carbonyl (C=O) groups excluding carboxylic acids is 1. The number of hydrogen-bond donors (Lipinski definition) is 3. The Hall–Kier alpha value is -3.05. The molecule has 204 valence electrons. The molecule has 1 fully saturated rings. The number of anilines is 3. The number of rotatable bonds is 9. The highest BCUT2D eigenvalue weighted by Crippen LogP contribution is 2.37. The van der Waals surface area contributed by atoms with Gasteiger partial charge in [-0.2, -0.15) is 13.2 Å². The molecule has 1 amide bonds. The summed E-state index contributed by atoms with van der Waals surface area (Å²) in [5, 5.41) is 8.94. The molecular formula is C26H35F3N4O4. The van der Waals surface area contributed by atoms with E-state index in [4.69, 9.17) is 14.2 Å². The van der Waals surface area contributed by atoms with E-state index >= 15 is 0 Å². The van der Waals surface area contributed by atoms with Crippen LogP contribution in [0.1, 0.15) is 44.0 Å². The Morgan fingerprint density at radius 1 is 1.05 bits per heavy atom. The first kappa shape index (κ1) is 28.5. The van der Waals surface area contributed by atoms with E-state index in [1.165, 1.54) is 0 Å². The van der Waals surface area contributed by atoms with Crippen molar-refractivity contribution in [3.05, 3.63) is 41.1 Å². The van der Waals surface area contributed by atoms with Gasteiger partial charge in [-0.1, -0.05) is 19.1 Å². The molecule has 1 aromatic carbocycles. The first-order valence-corrected chi connectivity index (χ1v) is 12.0. The van der Waals surface area contributed by atoms with Gasteiger partial charge < -0.3 is 30.2 Å². The summed E-state index contributed by atoms with van der Waals surface area (Å²) < 4.78 is 55.6. The number of halogens is 3. The first-order valence-electron chi connectivity index (χ1n) is 12.0. The summed E-state index contributed by atoms with van der Waals surface area (Å²) in [6, 6.07) is 7.33. The van der Waals surface area contributed by atoms with Gasteiger partial charge in [0, 0.05) is 24.2 Å². The van der Waals surface area contributed by atoms with Crippen LogP contribution in [-0.4, -0.2) is 49.7 Å².